The lowest BCUT2D eigenvalue weighted by Gasteiger charge is -2.33. The lowest BCUT2D eigenvalue weighted by molar-refractivity contribution is -0.141. The average Bonchev–Trinajstić information content (AvgIpc) is 2.98. The molecular formula is C32H39Cl2N3O5S. The van der Waals surface area contributed by atoms with Gasteiger partial charge in [-0.25, -0.2) is 8.42 Å². The van der Waals surface area contributed by atoms with Crippen molar-refractivity contribution in [1.82, 2.24) is 10.2 Å². The minimum absolute atomic E-state index is 0.00436. The smallest absolute Gasteiger partial charge is 0.243 e. The molecule has 0 unspecified atom stereocenters. The lowest BCUT2D eigenvalue weighted by atomic mass is 10.0. The third-order valence-electron chi connectivity index (χ3n) is 7.12. The molecule has 43 heavy (non-hydrogen) atoms. The van der Waals surface area contributed by atoms with Crippen molar-refractivity contribution in [3.63, 3.8) is 0 Å². The van der Waals surface area contributed by atoms with Crippen LogP contribution in [0.1, 0.15) is 44.2 Å². The van der Waals surface area contributed by atoms with Gasteiger partial charge in [-0.05, 0) is 55.2 Å². The van der Waals surface area contributed by atoms with E-state index in [9.17, 15) is 18.0 Å². The number of sulfonamides is 1. The Labute approximate surface area is 265 Å². The van der Waals surface area contributed by atoms with Crippen molar-refractivity contribution in [3.05, 3.63) is 94.0 Å². The van der Waals surface area contributed by atoms with E-state index >= 15 is 0 Å². The summed E-state index contributed by atoms with van der Waals surface area (Å²) in [7, 11) is -2.20. The molecule has 2 atom stereocenters. The third-order valence-corrected chi connectivity index (χ3v) is 9.03. The Kier molecular flexibility index (Phi) is 12.7. The van der Waals surface area contributed by atoms with E-state index in [1.165, 1.54) is 11.4 Å². The quantitative estimate of drug-likeness (QED) is 0.215. The second-order valence-corrected chi connectivity index (χ2v) is 13.1. The first-order valence-electron chi connectivity index (χ1n) is 14.1. The Morgan fingerprint density at radius 1 is 0.953 bits per heavy atom. The zero-order chi connectivity index (χ0) is 31.6. The zero-order valence-electron chi connectivity index (χ0n) is 24.9. The summed E-state index contributed by atoms with van der Waals surface area (Å²) in [6, 6.07) is 20.5. The highest BCUT2D eigenvalue weighted by Crippen LogP contribution is 2.30. The summed E-state index contributed by atoms with van der Waals surface area (Å²) >= 11 is 12.4. The number of nitrogens with one attached hydrogen (secondary N) is 1. The standard InChI is InChI=1S/C32H39Cl2N3O5S/c1-5-23(2)35-32(39)29(21-24-12-7-6-8-13-24)36(22-25-17-18-26(33)27(34)20-25)31(38)16-11-19-37(43(4,40)41)28-14-9-10-15-30(28)42-3/h6-10,12-15,17-18,20,23,29H,5,11,16,19,21-22H2,1-4H3,(H,35,39)/t23-,29+/m0/s1. The molecule has 3 aromatic rings. The SMILES string of the molecule is CC[C@H](C)NC(=O)[C@@H](Cc1ccccc1)N(Cc1ccc(Cl)c(Cl)c1)C(=O)CCCN(c1ccccc1OC)S(C)(=O)=O. The first kappa shape index (κ1) is 34.2. The van der Waals surface area contributed by atoms with Gasteiger partial charge in [0.05, 0.1) is 29.1 Å². The summed E-state index contributed by atoms with van der Waals surface area (Å²) in [5.41, 5.74) is 2.00. The van der Waals surface area contributed by atoms with Crippen LogP contribution in [-0.2, 0) is 32.6 Å². The average molecular weight is 649 g/mol. The molecule has 0 aliphatic rings. The van der Waals surface area contributed by atoms with Crippen LogP contribution < -0.4 is 14.4 Å². The molecule has 0 radical (unpaired) electrons. The predicted octanol–water partition coefficient (Wildman–Crippen LogP) is 6.10. The number of hydrogen-bond acceptors (Lipinski definition) is 5. The van der Waals surface area contributed by atoms with Crippen LogP contribution in [0.3, 0.4) is 0 Å². The molecule has 0 bridgehead atoms. The highest BCUT2D eigenvalue weighted by molar-refractivity contribution is 7.92. The van der Waals surface area contributed by atoms with Gasteiger partial charge >= 0.3 is 0 Å². The number of ether oxygens (including phenoxy) is 1. The molecule has 11 heteroatoms. The number of anilines is 1. The molecule has 8 nitrogen and oxygen atoms in total. The largest absolute Gasteiger partial charge is 0.495 e. The Bertz CT molecular complexity index is 1490. The van der Waals surface area contributed by atoms with E-state index in [4.69, 9.17) is 27.9 Å². The van der Waals surface area contributed by atoms with E-state index in [2.05, 4.69) is 5.32 Å². The van der Waals surface area contributed by atoms with Crippen LogP contribution in [0.15, 0.2) is 72.8 Å². The molecule has 3 rings (SSSR count). The summed E-state index contributed by atoms with van der Waals surface area (Å²) in [4.78, 5) is 29.2. The highest BCUT2D eigenvalue weighted by Gasteiger charge is 2.31. The van der Waals surface area contributed by atoms with E-state index in [0.29, 0.717) is 33.5 Å². The van der Waals surface area contributed by atoms with Crippen LogP contribution in [0.2, 0.25) is 10.0 Å². The normalized spacial score (nSPS) is 12.7. The maximum absolute atomic E-state index is 14.0. The van der Waals surface area contributed by atoms with Crippen molar-refractivity contribution in [1.29, 1.82) is 0 Å². The number of para-hydroxylation sites is 2. The number of amides is 2. The topological polar surface area (TPSA) is 96.0 Å². The number of methoxy groups -OCH3 is 1. The fraction of sp³-hybridized carbons (Fsp3) is 0.375. The van der Waals surface area contributed by atoms with Crippen molar-refractivity contribution in [3.8, 4) is 5.75 Å². The summed E-state index contributed by atoms with van der Waals surface area (Å²) < 4.78 is 32.1. The highest BCUT2D eigenvalue weighted by atomic mass is 35.5. The number of hydrogen-bond donors (Lipinski definition) is 1. The Hall–Kier alpha value is -3.27. The monoisotopic (exact) mass is 647 g/mol. The van der Waals surface area contributed by atoms with E-state index in [1.54, 1.807) is 47.4 Å². The molecule has 0 saturated heterocycles. The Morgan fingerprint density at radius 2 is 1.63 bits per heavy atom. The van der Waals surface area contributed by atoms with Crippen molar-refractivity contribution in [2.24, 2.45) is 0 Å². The maximum Gasteiger partial charge on any atom is 0.243 e. The number of halogens is 2. The molecular weight excluding hydrogens is 609 g/mol. The Morgan fingerprint density at radius 3 is 2.26 bits per heavy atom. The lowest BCUT2D eigenvalue weighted by Crippen LogP contribution is -2.52. The van der Waals surface area contributed by atoms with Crippen molar-refractivity contribution in [2.75, 3.05) is 24.2 Å². The third kappa shape index (κ3) is 9.88. The summed E-state index contributed by atoms with van der Waals surface area (Å²) in [5, 5.41) is 3.77. The molecule has 232 valence electrons. The van der Waals surface area contributed by atoms with Gasteiger partial charge in [0.2, 0.25) is 21.8 Å². The van der Waals surface area contributed by atoms with Gasteiger partial charge in [-0.2, -0.15) is 0 Å². The van der Waals surface area contributed by atoms with Gasteiger partial charge in [-0.1, -0.05) is 78.7 Å². The first-order chi connectivity index (χ1) is 20.4. The minimum atomic E-state index is -3.68. The van der Waals surface area contributed by atoms with Crippen LogP contribution >= 0.6 is 23.2 Å². The Balaban J connectivity index is 1.93. The maximum atomic E-state index is 14.0. The molecule has 0 fully saturated rings. The van der Waals surface area contributed by atoms with Crippen LogP contribution in [-0.4, -0.2) is 57.1 Å². The fourth-order valence-corrected chi connectivity index (χ4v) is 5.94. The van der Waals surface area contributed by atoms with Crippen LogP contribution in [0, 0.1) is 0 Å². The molecule has 0 aromatic heterocycles. The van der Waals surface area contributed by atoms with Gasteiger partial charge in [0.25, 0.3) is 0 Å². The van der Waals surface area contributed by atoms with Gasteiger partial charge in [0.1, 0.15) is 11.8 Å². The molecule has 0 aliphatic carbocycles. The van der Waals surface area contributed by atoms with Gasteiger partial charge in [0, 0.05) is 32.0 Å². The second-order valence-electron chi connectivity index (χ2n) is 10.4. The van der Waals surface area contributed by atoms with Crippen LogP contribution in [0.5, 0.6) is 5.75 Å². The molecule has 2 amide bonds. The fourth-order valence-electron chi connectivity index (χ4n) is 4.65. The number of carbonyl (C=O) groups is 2. The van der Waals surface area contributed by atoms with Crippen molar-refractivity contribution >= 4 is 50.7 Å². The van der Waals surface area contributed by atoms with Gasteiger partial charge in [0.15, 0.2) is 0 Å². The van der Waals surface area contributed by atoms with E-state index in [1.807, 2.05) is 44.2 Å². The van der Waals surface area contributed by atoms with Crippen LogP contribution in [0.25, 0.3) is 0 Å². The van der Waals surface area contributed by atoms with E-state index in [-0.39, 0.29) is 43.8 Å². The molecule has 0 heterocycles. The van der Waals surface area contributed by atoms with Crippen molar-refractivity contribution in [2.45, 2.75) is 58.2 Å². The number of benzene rings is 3. The van der Waals surface area contributed by atoms with Gasteiger partial charge < -0.3 is 15.0 Å². The summed E-state index contributed by atoms with van der Waals surface area (Å²) in [6.07, 6.45) is 2.37. The molecule has 0 saturated carbocycles. The molecule has 0 spiro atoms. The summed E-state index contributed by atoms with van der Waals surface area (Å²) in [5.74, 6) is -0.150. The minimum Gasteiger partial charge on any atom is -0.495 e. The van der Waals surface area contributed by atoms with Gasteiger partial charge in [-0.3, -0.25) is 13.9 Å². The predicted molar refractivity (Wildman–Crippen MR) is 173 cm³/mol. The second kappa shape index (κ2) is 16.0. The van der Waals surface area contributed by atoms with Gasteiger partial charge in [-0.15, -0.1) is 0 Å². The molecule has 0 aliphatic heterocycles. The number of carbonyl (C=O) groups excluding carboxylic acids is 2. The molecule has 1 N–H and O–H groups in total. The van der Waals surface area contributed by atoms with E-state index in [0.717, 1.165) is 18.2 Å². The number of nitrogens with zero attached hydrogens (tertiary/aromatic N) is 2. The number of rotatable bonds is 15. The van der Waals surface area contributed by atoms with Crippen molar-refractivity contribution < 1.29 is 22.7 Å². The van der Waals surface area contributed by atoms with Crippen LogP contribution in [0.4, 0.5) is 5.69 Å². The summed E-state index contributed by atoms with van der Waals surface area (Å²) in [6.45, 7) is 4.06. The first-order valence-corrected chi connectivity index (χ1v) is 16.7. The molecule has 3 aromatic carbocycles. The zero-order valence-corrected chi connectivity index (χ0v) is 27.3. The van der Waals surface area contributed by atoms with E-state index < -0.39 is 16.1 Å².